The van der Waals surface area contributed by atoms with E-state index in [0.717, 1.165) is 36.7 Å². The Morgan fingerprint density at radius 2 is 1.16 bits per heavy atom. The van der Waals surface area contributed by atoms with Crippen LogP contribution in [0.2, 0.25) is 0 Å². The molecule has 0 spiro atoms. The van der Waals surface area contributed by atoms with Crippen LogP contribution in [0, 0.1) is 17.8 Å². The van der Waals surface area contributed by atoms with E-state index >= 15 is 0 Å². The number of carbonyl (C=O) groups excluding carboxylic acids is 4. The maximum atomic E-state index is 12.0. The summed E-state index contributed by atoms with van der Waals surface area (Å²) in [6, 6.07) is 0. The van der Waals surface area contributed by atoms with Crippen molar-refractivity contribution < 1.29 is 47.6 Å². The van der Waals surface area contributed by atoms with E-state index in [4.69, 9.17) is 28.4 Å². The van der Waals surface area contributed by atoms with Gasteiger partial charge in [-0.2, -0.15) is 0 Å². The SMILES string of the molecule is CC(=O)OC[C@H]1OC(OCC=C(C)CCCC(C)CCCC(C)CCCC(C)C)[C@H](OC(C)=O)[C@@H](OC(C)=O)[C@@H]1OC(C)=O. The Labute approximate surface area is 264 Å². The second kappa shape index (κ2) is 21.3. The number of allylic oxidation sites excluding steroid dienone is 1. The van der Waals surface area contributed by atoms with Gasteiger partial charge in [0.15, 0.2) is 24.6 Å². The second-order valence-electron chi connectivity index (χ2n) is 12.8. The molecule has 3 unspecified atom stereocenters. The predicted octanol–water partition coefficient (Wildman–Crippen LogP) is 6.47. The molecule has 10 nitrogen and oxygen atoms in total. The second-order valence-corrected chi connectivity index (χ2v) is 12.8. The Morgan fingerprint density at radius 1 is 0.659 bits per heavy atom. The minimum Gasteiger partial charge on any atom is -0.463 e. The lowest BCUT2D eigenvalue weighted by atomic mass is 9.91. The summed E-state index contributed by atoms with van der Waals surface area (Å²) in [6.07, 6.45) is 7.06. The number of rotatable bonds is 20. The third-order valence-corrected chi connectivity index (χ3v) is 7.78. The van der Waals surface area contributed by atoms with Crippen molar-refractivity contribution in [2.45, 2.75) is 151 Å². The van der Waals surface area contributed by atoms with Crippen LogP contribution in [0.3, 0.4) is 0 Å². The quantitative estimate of drug-likeness (QED) is 0.0843. The van der Waals surface area contributed by atoms with Gasteiger partial charge in [-0.3, -0.25) is 19.2 Å². The van der Waals surface area contributed by atoms with E-state index in [1.54, 1.807) is 0 Å². The molecule has 0 radical (unpaired) electrons. The van der Waals surface area contributed by atoms with E-state index in [1.807, 2.05) is 13.0 Å². The first kappa shape index (κ1) is 39.6. The fraction of sp³-hybridized carbons (Fsp3) is 0.824. The van der Waals surface area contributed by atoms with Crippen molar-refractivity contribution in [3.8, 4) is 0 Å². The van der Waals surface area contributed by atoms with Crippen molar-refractivity contribution in [3.05, 3.63) is 11.6 Å². The zero-order valence-electron chi connectivity index (χ0n) is 28.6. The molecule has 1 aliphatic heterocycles. The van der Waals surface area contributed by atoms with E-state index in [2.05, 4.69) is 27.7 Å². The fourth-order valence-corrected chi connectivity index (χ4v) is 5.42. The van der Waals surface area contributed by atoms with Crippen LogP contribution in [0.15, 0.2) is 11.6 Å². The zero-order valence-corrected chi connectivity index (χ0v) is 28.6. The highest BCUT2D eigenvalue weighted by Crippen LogP contribution is 2.30. The van der Waals surface area contributed by atoms with Crippen molar-refractivity contribution in [1.29, 1.82) is 0 Å². The van der Waals surface area contributed by atoms with Gasteiger partial charge in [0.1, 0.15) is 12.7 Å². The van der Waals surface area contributed by atoms with Crippen LogP contribution in [0.25, 0.3) is 0 Å². The van der Waals surface area contributed by atoms with Crippen LogP contribution < -0.4 is 0 Å². The minimum absolute atomic E-state index is 0.143. The summed E-state index contributed by atoms with van der Waals surface area (Å²) in [5.41, 5.74) is 1.15. The van der Waals surface area contributed by atoms with Crippen molar-refractivity contribution in [2.24, 2.45) is 17.8 Å². The highest BCUT2D eigenvalue weighted by Gasteiger charge is 2.52. The maximum absolute atomic E-state index is 12.0. The third-order valence-electron chi connectivity index (χ3n) is 7.78. The fourth-order valence-electron chi connectivity index (χ4n) is 5.42. The van der Waals surface area contributed by atoms with E-state index in [0.29, 0.717) is 5.92 Å². The normalized spacial score (nSPS) is 23.5. The Balaban J connectivity index is 2.73. The molecule has 44 heavy (non-hydrogen) atoms. The number of esters is 4. The molecule has 0 bridgehead atoms. The lowest BCUT2D eigenvalue weighted by molar-refractivity contribution is -0.306. The average molecular weight is 627 g/mol. The molecule has 0 aromatic carbocycles. The highest BCUT2D eigenvalue weighted by molar-refractivity contribution is 5.68. The molecule has 10 heteroatoms. The molecular formula is C34H58O10. The predicted molar refractivity (Wildman–Crippen MR) is 166 cm³/mol. The molecule has 1 fully saturated rings. The summed E-state index contributed by atoms with van der Waals surface area (Å²) in [4.78, 5) is 47.3. The first-order valence-electron chi connectivity index (χ1n) is 16.3. The molecular weight excluding hydrogens is 568 g/mol. The van der Waals surface area contributed by atoms with Crippen LogP contribution in [-0.2, 0) is 47.6 Å². The smallest absolute Gasteiger partial charge is 0.303 e. The summed E-state index contributed by atoms with van der Waals surface area (Å²) in [5, 5.41) is 0. The van der Waals surface area contributed by atoms with E-state index in [1.165, 1.54) is 66.2 Å². The first-order chi connectivity index (χ1) is 20.7. The lowest BCUT2D eigenvalue weighted by Crippen LogP contribution is -2.62. The number of ether oxygens (including phenoxy) is 6. The summed E-state index contributed by atoms with van der Waals surface area (Å²) in [7, 11) is 0. The van der Waals surface area contributed by atoms with E-state index in [-0.39, 0.29) is 13.2 Å². The van der Waals surface area contributed by atoms with Crippen LogP contribution in [0.1, 0.15) is 120 Å². The van der Waals surface area contributed by atoms with Crippen LogP contribution in [0.5, 0.6) is 0 Å². The first-order valence-corrected chi connectivity index (χ1v) is 16.3. The van der Waals surface area contributed by atoms with Gasteiger partial charge in [-0.25, -0.2) is 0 Å². The van der Waals surface area contributed by atoms with Crippen LogP contribution in [-0.4, -0.2) is 67.8 Å². The molecule has 0 N–H and O–H groups in total. The topological polar surface area (TPSA) is 124 Å². The monoisotopic (exact) mass is 626 g/mol. The van der Waals surface area contributed by atoms with Crippen molar-refractivity contribution in [3.63, 3.8) is 0 Å². The largest absolute Gasteiger partial charge is 0.463 e. The molecule has 1 heterocycles. The molecule has 7 atom stereocenters. The Hall–Kier alpha value is -2.46. The Kier molecular flexibility index (Phi) is 19.2. The molecule has 0 aliphatic carbocycles. The Bertz CT molecular complexity index is 914. The molecule has 0 aromatic heterocycles. The van der Waals surface area contributed by atoms with Crippen LogP contribution in [0.4, 0.5) is 0 Å². The van der Waals surface area contributed by atoms with Gasteiger partial charge in [-0.05, 0) is 37.5 Å². The van der Waals surface area contributed by atoms with E-state index in [9.17, 15) is 19.2 Å². The third kappa shape index (κ3) is 17.1. The molecule has 254 valence electrons. The van der Waals surface area contributed by atoms with Crippen molar-refractivity contribution in [2.75, 3.05) is 13.2 Å². The van der Waals surface area contributed by atoms with Gasteiger partial charge in [0, 0.05) is 27.7 Å². The van der Waals surface area contributed by atoms with Gasteiger partial charge >= 0.3 is 23.9 Å². The Morgan fingerprint density at radius 3 is 1.68 bits per heavy atom. The molecule has 1 rings (SSSR count). The number of carbonyl (C=O) groups is 4. The van der Waals surface area contributed by atoms with Gasteiger partial charge in [0.25, 0.3) is 0 Å². The molecule has 1 saturated heterocycles. The van der Waals surface area contributed by atoms with Crippen molar-refractivity contribution >= 4 is 23.9 Å². The van der Waals surface area contributed by atoms with Crippen LogP contribution >= 0.6 is 0 Å². The highest BCUT2D eigenvalue weighted by atomic mass is 16.7. The van der Waals surface area contributed by atoms with Gasteiger partial charge in [-0.1, -0.05) is 84.3 Å². The zero-order chi connectivity index (χ0) is 33.2. The molecule has 0 amide bonds. The summed E-state index contributed by atoms with van der Waals surface area (Å²) in [6.45, 7) is 16.0. The number of hydrogen-bond donors (Lipinski definition) is 0. The maximum Gasteiger partial charge on any atom is 0.303 e. The van der Waals surface area contributed by atoms with Gasteiger partial charge in [-0.15, -0.1) is 0 Å². The lowest BCUT2D eigenvalue weighted by Gasteiger charge is -2.43. The van der Waals surface area contributed by atoms with Gasteiger partial charge in [0.05, 0.1) is 6.61 Å². The summed E-state index contributed by atoms with van der Waals surface area (Å²) >= 11 is 0. The standard InChI is InChI=1S/C34H58O10/c1-22(2)13-10-14-23(3)15-11-16-24(4)17-12-18-25(5)19-20-39-34-33(43-29(9)38)32(42-28(8)37)31(41-27(7)36)30(44-34)21-40-26(6)35/h19,22-24,30-34H,10-18,20-21H2,1-9H3/t23?,24?,30-,31-,32+,33-,34?/m1/s1. The summed E-state index contributed by atoms with van der Waals surface area (Å²) in [5.74, 6) is -0.324. The van der Waals surface area contributed by atoms with Crippen molar-refractivity contribution in [1.82, 2.24) is 0 Å². The van der Waals surface area contributed by atoms with E-state index < -0.39 is 54.6 Å². The summed E-state index contributed by atoms with van der Waals surface area (Å²) < 4.78 is 33.3. The minimum atomic E-state index is -1.24. The average Bonchev–Trinajstić information content (AvgIpc) is 2.89. The molecule has 0 aromatic rings. The van der Waals surface area contributed by atoms with Gasteiger partial charge < -0.3 is 28.4 Å². The molecule has 1 aliphatic rings. The molecule has 0 saturated carbocycles. The van der Waals surface area contributed by atoms with Gasteiger partial charge in [0.2, 0.25) is 0 Å². The number of hydrogen-bond acceptors (Lipinski definition) is 10.